The molecule has 2 heterocycles. The summed E-state index contributed by atoms with van der Waals surface area (Å²) in [6.45, 7) is 6.37. The first-order valence-corrected chi connectivity index (χ1v) is 11.9. The van der Waals surface area contributed by atoms with Crippen LogP contribution in [0.4, 0.5) is 0 Å². The van der Waals surface area contributed by atoms with Gasteiger partial charge in [-0.05, 0) is 70.7 Å². The fraction of sp³-hybridized carbons (Fsp3) is 0.296. The highest BCUT2D eigenvalue weighted by molar-refractivity contribution is 9.10. The van der Waals surface area contributed by atoms with Crippen LogP contribution < -0.4 is 0 Å². The Kier molecular flexibility index (Phi) is 8.05. The van der Waals surface area contributed by atoms with Crippen LogP contribution in [0.2, 0.25) is 0 Å². The Morgan fingerprint density at radius 2 is 1.52 bits per heavy atom. The van der Waals surface area contributed by atoms with E-state index in [-0.39, 0.29) is 0 Å². The number of likely N-dealkylation sites (tertiary alicyclic amines) is 1. The van der Waals surface area contributed by atoms with Crippen LogP contribution in [0, 0.1) is 0 Å². The van der Waals surface area contributed by atoms with Gasteiger partial charge in [0.05, 0.1) is 5.69 Å². The summed E-state index contributed by atoms with van der Waals surface area (Å²) in [6.07, 6.45) is 5.05. The van der Waals surface area contributed by atoms with Gasteiger partial charge < -0.3 is 4.90 Å². The quantitative estimate of drug-likeness (QED) is 0.360. The molecule has 1 fully saturated rings. The molecule has 0 radical (unpaired) electrons. The molecule has 31 heavy (non-hydrogen) atoms. The van der Waals surface area contributed by atoms with Crippen molar-refractivity contribution in [3.8, 4) is 0 Å². The van der Waals surface area contributed by atoms with Gasteiger partial charge in [-0.15, -0.1) is 0 Å². The summed E-state index contributed by atoms with van der Waals surface area (Å²) in [5, 5.41) is 0. The molecule has 4 rings (SSSR count). The molecule has 0 bridgehead atoms. The molecule has 0 aliphatic carbocycles. The van der Waals surface area contributed by atoms with E-state index in [1.807, 2.05) is 6.07 Å². The first kappa shape index (κ1) is 21.9. The third kappa shape index (κ3) is 6.60. The summed E-state index contributed by atoms with van der Waals surface area (Å²) in [6, 6.07) is 27.6. The van der Waals surface area contributed by atoms with Crippen molar-refractivity contribution in [1.29, 1.82) is 0 Å². The second-order valence-corrected chi connectivity index (χ2v) is 8.90. The fourth-order valence-electron chi connectivity index (χ4n) is 4.15. The Balaban J connectivity index is 1.55. The third-order valence-electron chi connectivity index (χ3n) is 5.81. The number of hydrogen-bond donors (Lipinski definition) is 0. The van der Waals surface area contributed by atoms with E-state index >= 15 is 0 Å². The molecule has 3 nitrogen and oxygen atoms in total. The zero-order valence-corrected chi connectivity index (χ0v) is 19.5. The molecule has 3 aromatic rings. The molecule has 0 amide bonds. The van der Waals surface area contributed by atoms with Crippen LogP contribution in [0.25, 0.3) is 5.57 Å². The normalized spacial score (nSPS) is 14.1. The lowest BCUT2D eigenvalue weighted by Gasteiger charge is -2.24. The van der Waals surface area contributed by atoms with Gasteiger partial charge in [-0.25, -0.2) is 4.98 Å². The van der Waals surface area contributed by atoms with Gasteiger partial charge in [-0.3, -0.25) is 4.90 Å². The Bertz CT molecular complexity index is 925. The Hall–Kier alpha value is -2.27. The molecule has 0 N–H and O–H groups in total. The van der Waals surface area contributed by atoms with Crippen molar-refractivity contribution >= 4 is 21.5 Å². The molecule has 1 aromatic heterocycles. The molecule has 0 saturated carbocycles. The molecule has 2 aromatic carbocycles. The standard InChI is InChI=1S/C27H30BrN3/c28-27-15-9-14-25(29-27)22-31(21-20-30-17-7-8-18-30)19-16-26(23-10-3-1-4-11-23)24-12-5-2-6-13-24/h1-6,9-16H,7-8,17-22H2. The minimum absolute atomic E-state index is 0.848. The van der Waals surface area contributed by atoms with E-state index in [4.69, 9.17) is 0 Å². The van der Waals surface area contributed by atoms with Gasteiger partial charge in [-0.2, -0.15) is 0 Å². The Labute approximate surface area is 194 Å². The van der Waals surface area contributed by atoms with E-state index in [1.54, 1.807) is 0 Å². The molecular formula is C27H30BrN3. The number of nitrogens with zero attached hydrogens (tertiary/aromatic N) is 3. The summed E-state index contributed by atoms with van der Waals surface area (Å²) in [5.41, 5.74) is 4.90. The van der Waals surface area contributed by atoms with Gasteiger partial charge in [0.2, 0.25) is 0 Å². The van der Waals surface area contributed by atoms with Crippen molar-refractivity contribution in [2.75, 3.05) is 32.7 Å². The summed E-state index contributed by atoms with van der Waals surface area (Å²) in [5.74, 6) is 0. The third-order valence-corrected chi connectivity index (χ3v) is 6.25. The van der Waals surface area contributed by atoms with Crippen LogP contribution in [0.15, 0.2) is 89.5 Å². The SMILES string of the molecule is Brc1cccc(CN(CC=C(c2ccccc2)c2ccccc2)CCN2CCCC2)n1. The minimum Gasteiger partial charge on any atom is -0.302 e. The molecule has 1 aliphatic heterocycles. The van der Waals surface area contributed by atoms with Crippen molar-refractivity contribution in [1.82, 2.24) is 14.8 Å². The smallest absolute Gasteiger partial charge is 0.106 e. The monoisotopic (exact) mass is 475 g/mol. The van der Waals surface area contributed by atoms with Crippen LogP contribution >= 0.6 is 15.9 Å². The van der Waals surface area contributed by atoms with Crippen molar-refractivity contribution < 1.29 is 0 Å². The molecular weight excluding hydrogens is 446 g/mol. The van der Waals surface area contributed by atoms with Crippen molar-refractivity contribution in [2.45, 2.75) is 19.4 Å². The largest absolute Gasteiger partial charge is 0.302 e. The lowest BCUT2D eigenvalue weighted by atomic mass is 9.97. The van der Waals surface area contributed by atoms with Gasteiger partial charge in [0.15, 0.2) is 0 Å². The second kappa shape index (κ2) is 11.4. The van der Waals surface area contributed by atoms with E-state index in [2.05, 4.69) is 110 Å². The maximum absolute atomic E-state index is 4.68. The molecule has 0 spiro atoms. The zero-order chi connectivity index (χ0) is 21.3. The maximum atomic E-state index is 4.68. The van der Waals surface area contributed by atoms with Crippen LogP contribution in [0.5, 0.6) is 0 Å². The number of rotatable bonds is 9. The molecule has 0 atom stereocenters. The van der Waals surface area contributed by atoms with Gasteiger partial charge in [0, 0.05) is 26.2 Å². The predicted octanol–water partition coefficient (Wildman–Crippen LogP) is 5.87. The number of aromatic nitrogens is 1. The maximum Gasteiger partial charge on any atom is 0.106 e. The number of pyridine rings is 1. The van der Waals surface area contributed by atoms with Crippen molar-refractivity contribution in [2.24, 2.45) is 0 Å². The number of benzene rings is 2. The van der Waals surface area contributed by atoms with Crippen LogP contribution in [-0.2, 0) is 6.54 Å². The summed E-state index contributed by atoms with van der Waals surface area (Å²) in [7, 11) is 0. The zero-order valence-electron chi connectivity index (χ0n) is 18.0. The topological polar surface area (TPSA) is 19.4 Å². The van der Waals surface area contributed by atoms with E-state index in [0.29, 0.717) is 0 Å². The average molecular weight is 476 g/mol. The van der Waals surface area contributed by atoms with E-state index in [1.165, 1.54) is 42.6 Å². The highest BCUT2D eigenvalue weighted by Gasteiger charge is 2.14. The van der Waals surface area contributed by atoms with Gasteiger partial charge in [0.25, 0.3) is 0 Å². The Morgan fingerprint density at radius 1 is 0.871 bits per heavy atom. The highest BCUT2D eigenvalue weighted by Crippen LogP contribution is 2.23. The first-order chi connectivity index (χ1) is 15.3. The van der Waals surface area contributed by atoms with Crippen LogP contribution in [0.1, 0.15) is 29.7 Å². The molecule has 160 valence electrons. The first-order valence-electron chi connectivity index (χ1n) is 11.1. The van der Waals surface area contributed by atoms with E-state index in [9.17, 15) is 0 Å². The average Bonchev–Trinajstić information content (AvgIpc) is 3.33. The fourth-order valence-corrected chi connectivity index (χ4v) is 4.53. The lowest BCUT2D eigenvalue weighted by molar-refractivity contribution is 0.233. The van der Waals surface area contributed by atoms with Crippen molar-refractivity contribution in [3.63, 3.8) is 0 Å². The predicted molar refractivity (Wildman–Crippen MR) is 133 cm³/mol. The van der Waals surface area contributed by atoms with Crippen molar-refractivity contribution in [3.05, 3.63) is 106 Å². The summed E-state index contributed by atoms with van der Waals surface area (Å²) < 4.78 is 0.897. The summed E-state index contributed by atoms with van der Waals surface area (Å²) >= 11 is 3.52. The van der Waals surface area contributed by atoms with Gasteiger partial charge >= 0.3 is 0 Å². The highest BCUT2D eigenvalue weighted by atomic mass is 79.9. The molecule has 0 unspecified atom stereocenters. The minimum atomic E-state index is 0.848. The molecule has 1 saturated heterocycles. The van der Waals surface area contributed by atoms with Gasteiger partial charge in [0.1, 0.15) is 4.60 Å². The molecule has 4 heteroatoms. The second-order valence-electron chi connectivity index (χ2n) is 8.09. The van der Waals surface area contributed by atoms with E-state index in [0.717, 1.165) is 36.5 Å². The number of halogens is 1. The number of hydrogen-bond acceptors (Lipinski definition) is 3. The van der Waals surface area contributed by atoms with E-state index < -0.39 is 0 Å². The molecule has 1 aliphatic rings. The lowest BCUT2D eigenvalue weighted by Crippen LogP contribution is -2.34. The Morgan fingerprint density at radius 3 is 2.13 bits per heavy atom. The van der Waals surface area contributed by atoms with Gasteiger partial charge in [-0.1, -0.05) is 72.8 Å². The summed E-state index contributed by atoms with van der Waals surface area (Å²) in [4.78, 5) is 9.77. The van der Waals surface area contributed by atoms with Crippen LogP contribution in [0.3, 0.4) is 0 Å². The van der Waals surface area contributed by atoms with Crippen LogP contribution in [-0.4, -0.2) is 47.5 Å².